The van der Waals surface area contributed by atoms with E-state index in [1.54, 1.807) is 7.11 Å². The number of likely N-dealkylation sites (N-methyl/N-ethyl adjacent to an activating group) is 2. The fraction of sp³-hybridized carbons (Fsp3) is 1.00. The summed E-state index contributed by atoms with van der Waals surface area (Å²) in [7, 11) is 12.5. The van der Waals surface area contributed by atoms with Gasteiger partial charge in [0, 0.05) is 97.2 Å². The predicted molar refractivity (Wildman–Crippen MR) is 263 cm³/mol. The van der Waals surface area contributed by atoms with Crippen LogP contribution in [0.25, 0.3) is 0 Å². The number of methoxy groups -OCH3 is 1. The van der Waals surface area contributed by atoms with E-state index in [1.807, 2.05) is 0 Å². The van der Waals surface area contributed by atoms with Gasteiger partial charge in [0.1, 0.15) is 0 Å². The lowest BCUT2D eigenvalue weighted by molar-refractivity contribution is -0.0845. The van der Waals surface area contributed by atoms with E-state index in [0.717, 1.165) is 83.6 Å². The quantitative estimate of drug-likeness (QED) is 0.127. The Morgan fingerprint density at radius 2 is 0.841 bits per heavy atom. The van der Waals surface area contributed by atoms with Gasteiger partial charge in [-0.2, -0.15) is 0 Å². The summed E-state index contributed by atoms with van der Waals surface area (Å²) in [5.41, 5.74) is 0. The molecule has 0 N–H and O–H groups in total. The summed E-state index contributed by atoms with van der Waals surface area (Å²) >= 11 is 0. The maximum atomic E-state index is 5.61. The van der Waals surface area contributed by atoms with Gasteiger partial charge in [-0.25, -0.2) is 0 Å². The number of hydrogen-bond donors (Lipinski definition) is 0. The standard InChI is InChI=1S/C9H19NO2.2C9H19NO.2C8H17NO.C7H15NO/c1-8(2)12-9-6-10(7-9)4-5-11-3;1-8(2)11-7-5-9-4-6-10(9)3;1-8(2)11-5-4-9-6-10(3)7-9;1-7(2)10-6-8-4-9(3)5-8;1-7(2)10-6-8-4-5-9(8)3;1-6(2)9-7-4-8(3)5-7/h8-9H,4-7H2,1-3H3;2*8-9H,4-7H2,1-3H3;2*7-8H,4-6H2,1-3H3;6-7H,4-5H2,1-3H3. The van der Waals surface area contributed by atoms with Gasteiger partial charge in [0.25, 0.3) is 0 Å². The van der Waals surface area contributed by atoms with Crippen LogP contribution in [0.1, 0.15) is 109 Å². The monoisotopic (exact) mass is 903 g/mol. The normalized spacial score (nSPS) is 22.9. The molecular formula is C50H106N6O7. The second-order valence-corrected chi connectivity index (χ2v) is 20.8. The Morgan fingerprint density at radius 1 is 0.429 bits per heavy atom. The van der Waals surface area contributed by atoms with Gasteiger partial charge in [0.2, 0.25) is 0 Å². The lowest BCUT2D eigenvalue weighted by Gasteiger charge is -2.39. The molecule has 2 unspecified atom stereocenters. The lowest BCUT2D eigenvalue weighted by Crippen LogP contribution is -2.53. The molecule has 0 bridgehead atoms. The zero-order chi connectivity index (χ0) is 47.5. The van der Waals surface area contributed by atoms with Crippen LogP contribution >= 0.6 is 0 Å². The summed E-state index contributed by atoms with van der Waals surface area (Å²) in [5, 5.41) is 0. The van der Waals surface area contributed by atoms with E-state index in [4.69, 9.17) is 33.2 Å². The molecule has 6 aliphatic heterocycles. The van der Waals surface area contributed by atoms with Crippen LogP contribution in [0.5, 0.6) is 0 Å². The van der Waals surface area contributed by atoms with Crippen molar-refractivity contribution >= 4 is 0 Å². The highest BCUT2D eigenvalue weighted by Crippen LogP contribution is 2.19. The average molecular weight is 903 g/mol. The highest BCUT2D eigenvalue weighted by Gasteiger charge is 2.28. The summed E-state index contributed by atoms with van der Waals surface area (Å²) in [6, 6.07) is 1.50. The van der Waals surface area contributed by atoms with E-state index in [1.165, 1.54) is 65.0 Å². The largest absolute Gasteiger partial charge is 0.383 e. The summed E-state index contributed by atoms with van der Waals surface area (Å²) < 4.78 is 38.0. The SMILES string of the molecule is CC(C)OC1CN(C)C1.CC(C)OCC1CCN1C.CC(C)OCC1CN(C)C1.CC(C)OCCC1CCN1C.CC(C)OCCC1CN(C)C1.COCCN1CC(OC(C)C)C1. The number of ether oxygens (including phenoxy) is 7. The van der Waals surface area contributed by atoms with Gasteiger partial charge in [-0.15, -0.1) is 0 Å². The summed E-state index contributed by atoms with van der Waals surface area (Å²) in [4.78, 5) is 14.0. The number of hydrogen-bond acceptors (Lipinski definition) is 13. The van der Waals surface area contributed by atoms with Crippen LogP contribution in [-0.2, 0) is 33.2 Å². The van der Waals surface area contributed by atoms with E-state index < -0.39 is 0 Å². The van der Waals surface area contributed by atoms with Crippen LogP contribution in [0.4, 0.5) is 0 Å². The van der Waals surface area contributed by atoms with E-state index in [-0.39, 0.29) is 0 Å². The average Bonchev–Trinajstić information content (AvgIpc) is 3.13. The highest BCUT2D eigenvalue weighted by molar-refractivity contribution is 4.82. The molecule has 378 valence electrons. The molecule has 0 spiro atoms. The van der Waals surface area contributed by atoms with Crippen molar-refractivity contribution in [2.75, 3.05) is 147 Å². The maximum Gasteiger partial charge on any atom is 0.0832 e. The molecule has 6 saturated heterocycles. The molecule has 13 heteroatoms. The molecule has 2 atom stereocenters. The topological polar surface area (TPSA) is 84.0 Å². The molecule has 63 heavy (non-hydrogen) atoms. The van der Waals surface area contributed by atoms with Gasteiger partial charge in [0.15, 0.2) is 0 Å². The predicted octanol–water partition coefficient (Wildman–Crippen LogP) is 6.42. The van der Waals surface area contributed by atoms with Crippen molar-refractivity contribution in [2.24, 2.45) is 11.8 Å². The third-order valence-electron chi connectivity index (χ3n) is 11.8. The molecule has 0 aromatic carbocycles. The van der Waals surface area contributed by atoms with E-state index >= 15 is 0 Å². The Bertz CT molecular complexity index is 1050. The van der Waals surface area contributed by atoms with Gasteiger partial charge in [-0.1, -0.05) is 0 Å². The highest BCUT2D eigenvalue weighted by atomic mass is 16.5. The van der Waals surface area contributed by atoms with E-state index in [2.05, 4.69) is 148 Å². The molecule has 6 rings (SSSR count). The molecule has 0 aliphatic carbocycles. The van der Waals surface area contributed by atoms with Crippen LogP contribution in [0.15, 0.2) is 0 Å². The molecule has 13 nitrogen and oxygen atoms in total. The summed E-state index contributed by atoms with van der Waals surface area (Å²) in [5.74, 6) is 1.70. The van der Waals surface area contributed by atoms with Crippen molar-refractivity contribution in [3.63, 3.8) is 0 Å². The van der Waals surface area contributed by atoms with Gasteiger partial charge in [0.05, 0.1) is 68.7 Å². The minimum Gasteiger partial charge on any atom is -0.383 e. The first-order valence-corrected chi connectivity index (χ1v) is 25.1. The fourth-order valence-corrected chi connectivity index (χ4v) is 7.71. The van der Waals surface area contributed by atoms with Crippen LogP contribution < -0.4 is 0 Å². The Morgan fingerprint density at radius 3 is 1.21 bits per heavy atom. The molecule has 6 fully saturated rings. The molecular weight excluding hydrogens is 797 g/mol. The molecule has 6 aliphatic rings. The minimum absolute atomic E-state index is 0.361. The van der Waals surface area contributed by atoms with E-state index in [9.17, 15) is 0 Å². The van der Waals surface area contributed by atoms with Gasteiger partial charge in [-0.05, 0) is 163 Å². The zero-order valence-corrected chi connectivity index (χ0v) is 44.6. The van der Waals surface area contributed by atoms with Gasteiger partial charge >= 0.3 is 0 Å². The van der Waals surface area contributed by atoms with E-state index in [0.29, 0.717) is 54.9 Å². The maximum absolute atomic E-state index is 5.61. The van der Waals surface area contributed by atoms with Gasteiger partial charge in [-0.3, -0.25) is 4.90 Å². The third-order valence-corrected chi connectivity index (χ3v) is 11.8. The zero-order valence-electron chi connectivity index (χ0n) is 44.6. The summed E-state index contributed by atoms with van der Waals surface area (Å²) in [6.07, 6.45) is 8.39. The van der Waals surface area contributed by atoms with Crippen molar-refractivity contribution in [2.45, 2.75) is 170 Å². The Kier molecular flexibility index (Phi) is 33.3. The van der Waals surface area contributed by atoms with Crippen molar-refractivity contribution in [3.05, 3.63) is 0 Å². The summed E-state index contributed by atoms with van der Waals surface area (Å²) in [6.45, 7) is 42.4. The van der Waals surface area contributed by atoms with Crippen molar-refractivity contribution < 1.29 is 33.2 Å². The minimum atomic E-state index is 0.361. The smallest absolute Gasteiger partial charge is 0.0832 e. The first kappa shape index (κ1) is 60.5. The molecule has 0 saturated carbocycles. The second kappa shape index (κ2) is 34.7. The molecule has 0 aromatic heterocycles. The molecule has 0 aromatic rings. The fourth-order valence-electron chi connectivity index (χ4n) is 7.71. The Balaban J connectivity index is 0.000000379. The van der Waals surface area contributed by atoms with Crippen molar-refractivity contribution in [1.29, 1.82) is 0 Å². The third kappa shape index (κ3) is 31.2. The molecule has 0 amide bonds. The van der Waals surface area contributed by atoms with Crippen LogP contribution in [0, 0.1) is 11.8 Å². The van der Waals surface area contributed by atoms with Crippen LogP contribution in [0.3, 0.4) is 0 Å². The Labute approximate surface area is 390 Å². The van der Waals surface area contributed by atoms with Crippen LogP contribution in [-0.4, -0.2) is 238 Å². The number of rotatable bonds is 21. The van der Waals surface area contributed by atoms with Crippen LogP contribution in [0.2, 0.25) is 0 Å². The second-order valence-electron chi connectivity index (χ2n) is 20.8. The van der Waals surface area contributed by atoms with Gasteiger partial charge < -0.3 is 57.7 Å². The van der Waals surface area contributed by atoms with Crippen molar-refractivity contribution in [1.82, 2.24) is 29.4 Å². The molecule has 6 heterocycles. The lowest BCUT2D eigenvalue weighted by atomic mass is 9.98. The Hall–Kier alpha value is -0.520. The first-order valence-electron chi connectivity index (χ1n) is 25.1. The number of nitrogens with zero attached hydrogens (tertiary/aromatic N) is 6. The molecule has 0 radical (unpaired) electrons. The number of likely N-dealkylation sites (tertiary alicyclic amines) is 6. The first-order chi connectivity index (χ1) is 29.7. The van der Waals surface area contributed by atoms with Crippen molar-refractivity contribution in [3.8, 4) is 0 Å².